The van der Waals surface area contributed by atoms with Crippen molar-refractivity contribution in [3.8, 4) is 22.9 Å². The third-order valence-corrected chi connectivity index (χ3v) is 8.09. The highest BCUT2D eigenvalue weighted by atomic mass is 79.9. The number of ether oxygens (including phenoxy) is 2. The first-order valence-electron chi connectivity index (χ1n) is 13.8. The molecule has 5 rings (SSSR count). The van der Waals surface area contributed by atoms with Crippen LogP contribution in [0.25, 0.3) is 22.3 Å². The maximum absolute atomic E-state index is 13.8. The van der Waals surface area contributed by atoms with Crippen LogP contribution < -0.4 is 15.0 Å². The molecule has 0 N–H and O–H groups in total. The summed E-state index contributed by atoms with van der Waals surface area (Å²) in [5.74, 6) is 2.24. The minimum absolute atomic E-state index is 0.218. The zero-order valence-corrected chi connectivity index (χ0v) is 27.1. The second-order valence-electron chi connectivity index (χ2n) is 10.2. The van der Waals surface area contributed by atoms with E-state index in [4.69, 9.17) is 14.5 Å². The van der Waals surface area contributed by atoms with Crippen molar-refractivity contribution in [3.05, 3.63) is 120 Å². The van der Waals surface area contributed by atoms with E-state index in [1.165, 1.54) is 4.68 Å². The molecule has 0 radical (unpaired) electrons. The fourth-order valence-corrected chi connectivity index (χ4v) is 5.85. The number of para-hydroxylation sites is 1. The van der Waals surface area contributed by atoms with Crippen molar-refractivity contribution in [2.45, 2.75) is 40.2 Å². The summed E-state index contributed by atoms with van der Waals surface area (Å²) in [6.07, 6.45) is 1.66. The molecule has 0 atom stereocenters. The van der Waals surface area contributed by atoms with Crippen molar-refractivity contribution < 1.29 is 9.47 Å². The van der Waals surface area contributed by atoms with E-state index in [0.717, 1.165) is 42.5 Å². The minimum Gasteiger partial charge on any atom is -0.494 e. The Morgan fingerprint density at radius 2 is 1.79 bits per heavy atom. The predicted octanol–water partition coefficient (Wildman–Crippen LogP) is 8.88. The summed E-state index contributed by atoms with van der Waals surface area (Å²) in [7, 11) is 0. The Morgan fingerprint density at radius 1 is 0.976 bits per heavy atom. The van der Waals surface area contributed by atoms with Crippen molar-refractivity contribution in [3.63, 3.8) is 0 Å². The van der Waals surface area contributed by atoms with Crippen LogP contribution in [0.4, 0.5) is 0 Å². The standard InChI is InChI=1S/C34H31Br2N3O3/c1-5-41-32-15-22(4)29(18-28(32)21(2)3)33-38-31-12-7-6-11-27(31)34(40)39(33)37-19-23-9-8-10-26(16-23)42-20-24-13-14-25(35)17-30(24)36/h6-19,21H,5,20H2,1-4H3. The van der Waals surface area contributed by atoms with Crippen molar-refractivity contribution in [2.75, 3.05) is 6.61 Å². The molecule has 214 valence electrons. The molecular formula is C34H31Br2N3O3. The monoisotopic (exact) mass is 687 g/mol. The summed E-state index contributed by atoms with van der Waals surface area (Å²) < 4.78 is 15.4. The van der Waals surface area contributed by atoms with E-state index in [1.54, 1.807) is 12.3 Å². The lowest BCUT2D eigenvalue weighted by Gasteiger charge is -2.18. The van der Waals surface area contributed by atoms with Crippen molar-refractivity contribution in [1.82, 2.24) is 9.66 Å². The van der Waals surface area contributed by atoms with Gasteiger partial charge in [-0.3, -0.25) is 4.79 Å². The first kappa shape index (κ1) is 29.7. The Bertz CT molecular complexity index is 1850. The lowest BCUT2D eigenvalue weighted by Crippen LogP contribution is -2.20. The minimum atomic E-state index is -0.237. The fraction of sp³-hybridized carbons (Fsp3) is 0.206. The Morgan fingerprint density at radius 3 is 2.55 bits per heavy atom. The summed E-state index contributed by atoms with van der Waals surface area (Å²) in [6, 6.07) is 25.0. The number of benzene rings is 4. The van der Waals surface area contributed by atoms with Crippen LogP contribution in [-0.4, -0.2) is 22.5 Å². The van der Waals surface area contributed by atoms with Gasteiger partial charge in [-0.25, -0.2) is 4.98 Å². The van der Waals surface area contributed by atoms with Gasteiger partial charge in [0.05, 0.1) is 23.7 Å². The van der Waals surface area contributed by atoms with E-state index in [-0.39, 0.29) is 11.5 Å². The molecule has 0 fully saturated rings. The molecule has 6 nitrogen and oxygen atoms in total. The van der Waals surface area contributed by atoms with E-state index >= 15 is 0 Å². The first-order chi connectivity index (χ1) is 20.2. The Kier molecular flexibility index (Phi) is 9.24. The van der Waals surface area contributed by atoms with Gasteiger partial charge < -0.3 is 9.47 Å². The third kappa shape index (κ3) is 6.50. The number of hydrogen-bond acceptors (Lipinski definition) is 5. The normalized spacial score (nSPS) is 11.5. The van der Waals surface area contributed by atoms with Gasteiger partial charge in [0, 0.05) is 20.1 Å². The largest absolute Gasteiger partial charge is 0.494 e. The van der Waals surface area contributed by atoms with Gasteiger partial charge in [-0.1, -0.05) is 76.0 Å². The van der Waals surface area contributed by atoms with Crippen LogP contribution in [-0.2, 0) is 6.61 Å². The highest BCUT2D eigenvalue weighted by Gasteiger charge is 2.18. The lowest BCUT2D eigenvalue weighted by atomic mass is 9.96. The quantitative estimate of drug-likeness (QED) is 0.145. The molecule has 0 unspecified atom stereocenters. The van der Waals surface area contributed by atoms with Crippen LogP contribution in [0.2, 0.25) is 0 Å². The molecule has 0 saturated heterocycles. The van der Waals surface area contributed by atoms with Crippen LogP contribution in [0, 0.1) is 6.92 Å². The SMILES string of the molecule is CCOc1cc(C)c(-c2nc3ccccc3c(=O)n2N=Cc2cccc(OCc3ccc(Br)cc3Br)c2)cc1C(C)C. The maximum Gasteiger partial charge on any atom is 0.282 e. The van der Waals surface area contributed by atoms with Crippen LogP contribution >= 0.6 is 31.9 Å². The summed E-state index contributed by atoms with van der Waals surface area (Å²) in [6.45, 7) is 9.21. The molecule has 1 aromatic heterocycles. The Balaban J connectivity index is 1.55. The van der Waals surface area contributed by atoms with Crippen LogP contribution in [0.3, 0.4) is 0 Å². The average molecular weight is 689 g/mol. The molecule has 8 heteroatoms. The second-order valence-corrected chi connectivity index (χ2v) is 12.0. The molecule has 0 saturated carbocycles. The molecule has 0 aliphatic heterocycles. The summed E-state index contributed by atoms with van der Waals surface area (Å²) >= 11 is 7.07. The molecule has 1 heterocycles. The highest BCUT2D eigenvalue weighted by Crippen LogP contribution is 2.34. The molecule has 0 aliphatic carbocycles. The molecule has 42 heavy (non-hydrogen) atoms. The fourth-order valence-electron chi connectivity index (χ4n) is 4.68. The van der Waals surface area contributed by atoms with E-state index in [2.05, 4.69) is 56.9 Å². The van der Waals surface area contributed by atoms with Crippen LogP contribution in [0.1, 0.15) is 48.9 Å². The molecule has 5 aromatic rings. The highest BCUT2D eigenvalue weighted by molar-refractivity contribution is 9.11. The lowest BCUT2D eigenvalue weighted by molar-refractivity contribution is 0.305. The number of hydrogen-bond donors (Lipinski definition) is 0. The summed E-state index contributed by atoms with van der Waals surface area (Å²) in [5.41, 5.74) is 5.04. The molecule has 4 aromatic carbocycles. The van der Waals surface area contributed by atoms with E-state index < -0.39 is 0 Å². The molecule has 0 bridgehead atoms. The Labute approximate surface area is 262 Å². The zero-order chi connectivity index (χ0) is 29.8. The van der Waals surface area contributed by atoms with E-state index in [9.17, 15) is 4.79 Å². The number of nitrogens with zero attached hydrogens (tertiary/aromatic N) is 3. The van der Waals surface area contributed by atoms with Gasteiger partial charge in [-0.2, -0.15) is 9.78 Å². The number of halogens is 2. The molecule has 0 spiro atoms. The molecule has 0 amide bonds. The van der Waals surface area contributed by atoms with Gasteiger partial charge >= 0.3 is 0 Å². The van der Waals surface area contributed by atoms with Crippen LogP contribution in [0.15, 0.2) is 97.7 Å². The second kappa shape index (κ2) is 13.0. The van der Waals surface area contributed by atoms with E-state index in [0.29, 0.717) is 35.7 Å². The van der Waals surface area contributed by atoms with E-state index in [1.807, 2.05) is 80.6 Å². The average Bonchev–Trinajstić information content (AvgIpc) is 2.96. The smallest absolute Gasteiger partial charge is 0.282 e. The first-order valence-corrected chi connectivity index (χ1v) is 15.3. The summed E-state index contributed by atoms with van der Waals surface area (Å²) in [5, 5.41) is 5.18. The number of aryl methyl sites for hydroxylation is 1. The maximum atomic E-state index is 13.8. The van der Waals surface area contributed by atoms with Gasteiger partial charge in [0.15, 0.2) is 5.82 Å². The number of fused-ring (bicyclic) bond motifs is 1. The van der Waals surface area contributed by atoms with Gasteiger partial charge in [0.2, 0.25) is 0 Å². The van der Waals surface area contributed by atoms with Crippen molar-refractivity contribution in [2.24, 2.45) is 5.10 Å². The van der Waals surface area contributed by atoms with Gasteiger partial charge in [-0.05, 0) is 85.0 Å². The summed E-state index contributed by atoms with van der Waals surface area (Å²) in [4.78, 5) is 18.7. The van der Waals surface area contributed by atoms with Gasteiger partial charge in [0.25, 0.3) is 5.56 Å². The molecular weight excluding hydrogens is 658 g/mol. The molecule has 0 aliphatic rings. The third-order valence-electron chi connectivity index (χ3n) is 6.86. The van der Waals surface area contributed by atoms with Gasteiger partial charge in [-0.15, -0.1) is 0 Å². The van der Waals surface area contributed by atoms with Crippen molar-refractivity contribution >= 4 is 49.0 Å². The van der Waals surface area contributed by atoms with Crippen molar-refractivity contribution in [1.29, 1.82) is 0 Å². The predicted molar refractivity (Wildman–Crippen MR) is 177 cm³/mol. The number of rotatable bonds is 9. The van der Waals surface area contributed by atoms with Gasteiger partial charge in [0.1, 0.15) is 18.1 Å². The topological polar surface area (TPSA) is 65.7 Å². The Hall–Kier alpha value is -3.75. The zero-order valence-electron chi connectivity index (χ0n) is 23.9. The van der Waals surface area contributed by atoms with Crippen LogP contribution in [0.5, 0.6) is 11.5 Å². The number of aromatic nitrogens is 2.